The lowest BCUT2D eigenvalue weighted by Gasteiger charge is -2.29. The highest BCUT2D eigenvalue weighted by Crippen LogP contribution is 2.32. The van der Waals surface area contributed by atoms with Crippen molar-refractivity contribution in [2.24, 2.45) is 0 Å². The Kier molecular flexibility index (Phi) is 3.68. The molecule has 2 aromatic heterocycles. The number of halogens is 1. The second-order valence-electron chi connectivity index (χ2n) is 6.38. The number of nitrogens with zero attached hydrogens (tertiary/aromatic N) is 3. The fraction of sp³-hybridized carbons (Fsp3) is 0.353. The Morgan fingerprint density at radius 2 is 2.04 bits per heavy atom. The van der Waals surface area contributed by atoms with Crippen LogP contribution >= 0.6 is 15.9 Å². The van der Waals surface area contributed by atoms with Crippen molar-refractivity contribution in [3.05, 3.63) is 44.3 Å². The van der Waals surface area contributed by atoms with Gasteiger partial charge in [-0.25, -0.2) is 4.52 Å². The van der Waals surface area contributed by atoms with Crippen molar-refractivity contribution in [3.63, 3.8) is 0 Å². The highest BCUT2D eigenvalue weighted by atomic mass is 79.9. The zero-order valence-electron chi connectivity index (χ0n) is 13.3. The molecule has 1 saturated heterocycles. The third-order valence-corrected chi connectivity index (χ3v) is 5.36. The van der Waals surface area contributed by atoms with Gasteiger partial charge in [-0.05, 0) is 53.4 Å². The molecule has 6 nitrogen and oxygen atoms in total. The highest BCUT2D eigenvalue weighted by molar-refractivity contribution is 9.10. The van der Waals surface area contributed by atoms with Crippen molar-refractivity contribution in [1.82, 2.24) is 19.5 Å². The van der Waals surface area contributed by atoms with Crippen LogP contribution in [0.3, 0.4) is 0 Å². The van der Waals surface area contributed by atoms with Gasteiger partial charge in [-0.3, -0.25) is 9.59 Å². The first-order valence-electron chi connectivity index (χ1n) is 7.98. The monoisotopic (exact) mass is 388 g/mol. The summed E-state index contributed by atoms with van der Waals surface area (Å²) in [6.07, 6.45) is 2.58. The number of aromatic nitrogens is 3. The first-order valence-corrected chi connectivity index (χ1v) is 8.77. The van der Waals surface area contributed by atoms with Gasteiger partial charge >= 0.3 is 0 Å². The van der Waals surface area contributed by atoms with Gasteiger partial charge in [0.15, 0.2) is 0 Å². The van der Waals surface area contributed by atoms with E-state index in [1.54, 1.807) is 11.0 Å². The number of nitrogens with one attached hydrogen (secondary N) is 1. The standard InChI is InChI=1S/C17H17BrN4O2/c1-10-6-12(18)16-13(7-10)20-22-14(8-15(24)19-17(16)22)11-2-4-21(9-23)5-3-11/h6-9,11H,2-5H2,1H3,(H,19,24). The van der Waals surface area contributed by atoms with Crippen LogP contribution in [-0.4, -0.2) is 39.0 Å². The first kappa shape index (κ1) is 15.4. The fourth-order valence-electron chi connectivity index (χ4n) is 3.54. The van der Waals surface area contributed by atoms with Crippen LogP contribution in [-0.2, 0) is 4.79 Å². The molecule has 1 aliphatic rings. The summed E-state index contributed by atoms with van der Waals surface area (Å²) in [6.45, 7) is 3.45. The van der Waals surface area contributed by atoms with E-state index in [1.165, 1.54) is 0 Å². The normalized spacial score (nSPS) is 16.2. The number of piperidine rings is 1. The number of aryl methyl sites for hydroxylation is 1. The topological polar surface area (TPSA) is 70.5 Å². The van der Waals surface area contributed by atoms with Crippen LogP contribution in [0.25, 0.3) is 16.6 Å². The molecule has 0 unspecified atom stereocenters. The van der Waals surface area contributed by atoms with Crippen LogP contribution in [0, 0.1) is 6.92 Å². The predicted molar refractivity (Wildman–Crippen MR) is 95.4 cm³/mol. The molecule has 1 aromatic carbocycles. The maximum Gasteiger partial charge on any atom is 0.251 e. The van der Waals surface area contributed by atoms with Crippen molar-refractivity contribution in [3.8, 4) is 0 Å². The molecule has 3 heterocycles. The van der Waals surface area contributed by atoms with E-state index in [0.717, 1.165) is 51.5 Å². The van der Waals surface area contributed by atoms with Crippen LogP contribution in [0.2, 0.25) is 0 Å². The number of fused-ring (bicyclic) bond motifs is 3. The number of H-pyrrole nitrogens is 1. The minimum atomic E-state index is -0.121. The summed E-state index contributed by atoms with van der Waals surface area (Å²) in [6, 6.07) is 5.68. The van der Waals surface area contributed by atoms with Gasteiger partial charge in [0.25, 0.3) is 5.56 Å². The molecule has 0 aliphatic carbocycles. The number of hydrogen-bond donors (Lipinski definition) is 1. The molecule has 0 saturated carbocycles. The van der Waals surface area contributed by atoms with Crippen molar-refractivity contribution < 1.29 is 4.79 Å². The van der Waals surface area contributed by atoms with Crippen LogP contribution in [0.15, 0.2) is 27.5 Å². The lowest BCUT2D eigenvalue weighted by Crippen LogP contribution is -2.32. The Bertz CT molecular complexity index is 999. The van der Waals surface area contributed by atoms with E-state index in [4.69, 9.17) is 5.10 Å². The molecule has 24 heavy (non-hydrogen) atoms. The van der Waals surface area contributed by atoms with Gasteiger partial charge in [0.2, 0.25) is 6.41 Å². The Balaban J connectivity index is 1.92. The fourth-order valence-corrected chi connectivity index (χ4v) is 4.29. The van der Waals surface area contributed by atoms with E-state index >= 15 is 0 Å². The maximum atomic E-state index is 12.2. The Labute approximate surface area is 146 Å². The van der Waals surface area contributed by atoms with Gasteiger partial charge < -0.3 is 9.88 Å². The van der Waals surface area contributed by atoms with E-state index in [2.05, 4.69) is 20.9 Å². The number of carbonyl (C=O) groups is 1. The minimum Gasteiger partial charge on any atom is -0.345 e. The summed E-state index contributed by atoms with van der Waals surface area (Å²) in [4.78, 5) is 27.8. The molecular weight excluding hydrogens is 372 g/mol. The molecule has 4 rings (SSSR count). The van der Waals surface area contributed by atoms with Gasteiger partial charge in [-0.2, -0.15) is 5.10 Å². The van der Waals surface area contributed by atoms with E-state index < -0.39 is 0 Å². The second-order valence-corrected chi connectivity index (χ2v) is 7.23. The van der Waals surface area contributed by atoms with E-state index in [-0.39, 0.29) is 11.5 Å². The van der Waals surface area contributed by atoms with E-state index in [9.17, 15) is 9.59 Å². The molecule has 7 heteroatoms. The first-order chi connectivity index (χ1) is 11.6. The SMILES string of the molecule is Cc1cc(Br)c2c(c1)nn1c(C3CCN(C=O)CC3)cc(=O)[nH]c21. The van der Waals surface area contributed by atoms with Crippen LogP contribution in [0.1, 0.15) is 30.0 Å². The van der Waals surface area contributed by atoms with Gasteiger partial charge in [0.1, 0.15) is 5.65 Å². The van der Waals surface area contributed by atoms with Gasteiger partial charge in [0, 0.05) is 29.5 Å². The number of amides is 1. The summed E-state index contributed by atoms with van der Waals surface area (Å²) in [7, 11) is 0. The Morgan fingerprint density at radius 3 is 2.75 bits per heavy atom. The smallest absolute Gasteiger partial charge is 0.251 e. The van der Waals surface area contributed by atoms with Crippen molar-refractivity contribution >= 4 is 38.9 Å². The average molecular weight is 389 g/mol. The summed E-state index contributed by atoms with van der Waals surface area (Å²) in [5.74, 6) is 0.222. The zero-order valence-corrected chi connectivity index (χ0v) is 14.8. The number of carbonyl (C=O) groups excluding carboxylic acids is 1. The van der Waals surface area contributed by atoms with Gasteiger partial charge in [-0.1, -0.05) is 0 Å². The molecule has 1 fully saturated rings. The number of hydrogen-bond acceptors (Lipinski definition) is 3. The molecule has 0 spiro atoms. The van der Waals surface area contributed by atoms with Gasteiger partial charge in [0.05, 0.1) is 16.6 Å². The summed E-state index contributed by atoms with van der Waals surface area (Å²) < 4.78 is 2.79. The molecule has 1 aliphatic heterocycles. The number of rotatable bonds is 2. The summed E-state index contributed by atoms with van der Waals surface area (Å²) in [5.41, 5.74) is 3.48. The number of benzene rings is 1. The molecule has 1 N–H and O–H groups in total. The van der Waals surface area contributed by atoms with E-state index in [1.807, 2.05) is 23.6 Å². The molecule has 0 radical (unpaired) electrons. The quantitative estimate of drug-likeness (QED) is 0.685. The molecule has 0 atom stereocenters. The molecule has 0 bridgehead atoms. The number of likely N-dealkylation sites (tertiary alicyclic amines) is 1. The lowest BCUT2D eigenvalue weighted by atomic mass is 9.93. The average Bonchev–Trinajstić information content (AvgIpc) is 2.92. The summed E-state index contributed by atoms with van der Waals surface area (Å²) in [5, 5.41) is 5.65. The van der Waals surface area contributed by atoms with Crippen molar-refractivity contribution in [2.75, 3.05) is 13.1 Å². The molecular formula is C17H17BrN4O2. The van der Waals surface area contributed by atoms with E-state index in [0.29, 0.717) is 13.1 Å². The minimum absolute atomic E-state index is 0.121. The van der Waals surface area contributed by atoms with Gasteiger partial charge in [-0.15, -0.1) is 0 Å². The number of aromatic amines is 1. The predicted octanol–water partition coefficient (Wildman–Crippen LogP) is 2.58. The molecule has 1 amide bonds. The zero-order chi connectivity index (χ0) is 16.8. The molecule has 3 aromatic rings. The molecule has 124 valence electrons. The second kappa shape index (κ2) is 5.73. The van der Waals surface area contributed by atoms with Crippen LogP contribution < -0.4 is 5.56 Å². The van der Waals surface area contributed by atoms with Crippen molar-refractivity contribution in [2.45, 2.75) is 25.7 Å². The largest absolute Gasteiger partial charge is 0.345 e. The maximum absolute atomic E-state index is 12.2. The Morgan fingerprint density at radius 1 is 1.29 bits per heavy atom. The third-order valence-electron chi connectivity index (χ3n) is 4.73. The highest BCUT2D eigenvalue weighted by Gasteiger charge is 2.24. The van der Waals surface area contributed by atoms with Crippen LogP contribution in [0.4, 0.5) is 0 Å². The lowest BCUT2D eigenvalue weighted by molar-refractivity contribution is -0.119. The summed E-state index contributed by atoms with van der Waals surface area (Å²) >= 11 is 3.59. The Hall–Kier alpha value is -2.15. The van der Waals surface area contributed by atoms with Crippen molar-refractivity contribution in [1.29, 1.82) is 0 Å². The third kappa shape index (κ3) is 2.43. The van der Waals surface area contributed by atoms with Crippen LogP contribution in [0.5, 0.6) is 0 Å².